The molecule has 43 heavy (non-hydrogen) atoms. The Kier molecular flexibility index (Phi) is 9.34. The van der Waals surface area contributed by atoms with Gasteiger partial charge < -0.3 is 14.2 Å². The van der Waals surface area contributed by atoms with Gasteiger partial charge in [-0.2, -0.15) is 0 Å². The van der Waals surface area contributed by atoms with Gasteiger partial charge in [-0.3, -0.25) is 9.29 Å². The summed E-state index contributed by atoms with van der Waals surface area (Å²) >= 11 is 0. The van der Waals surface area contributed by atoms with Gasteiger partial charge >= 0.3 is 0 Å². The molecule has 2 atom stereocenters. The predicted molar refractivity (Wildman–Crippen MR) is 159 cm³/mol. The highest BCUT2D eigenvalue weighted by Gasteiger charge is 2.35. The van der Waals surface area contributed by atoms with Crippen molar-refractivity contribution in [2.75, 3.05) is 40.1 Å². The fourth-order valence-corrected chi connectivity index (χ4v) is 6.33. The van der Waals surface area contributed by atoms with E-state index in [9.17, 15) is 16.8 Å². The van der Waals surface area contributed by atoms with Crippen molar-refractivity contribution in [2.24, 2.45) is 0 Å². The number of nitrogens with one attached hydrogen (secondary N) is 1. The van der Waals surface area contributed by atoms with E-state index in [4.69, 9.17) is 14.2 Å². The standard InChI is InChI=1S/C27H33N7O7S2/c1-17-15-28-25(29-16-17)24(41-7)18(2)42(35,36)32-27-31-30-26(19-10-8-11-20(14-19)43(37,38)33(3)4)34(27)23-21(39-5)12-9-13-22(23)40-6/h8-16,18,24H,1-7H3,(H,31,32). The molecule has 0 aliphatic heterocycles. The molecule has 0 saturated heterocycles. The van der Waals surface area contributed by atoms with Crippen LogP contribution in [0.5, 0.6) is 11.5 Å². The second kappa shape index (κ2) is 12.6. The minimum absolute atomic E-state index is 0.00771. The summed E-state index contributed by atoms with van der Waals surface area (Å²) in [6.07, 6.45) is 2.13. The predicted octanol–water partition coefficient (Wildman–Crippen LogP) is 2.82. The minimum atomic E-state index is -4.23. The number of ether oxygens (including phenoxy) is 3. The molecule has 4 aromatic rings. The summed E-state index contributed by atoms with van der Waals surface area (Å²) in [5, 5.41) is 7.25. The van der Waals surface area contributed by atoms with Gasteiger partial charge in [0.25, 0.3) is 0 Å². The van der Waals surface area contributed by atoms with Gasteiger partial charge in [0.2, 0.25) is 26.0 Å². The molecule has 0 aliphatic rings. The first-order valence-electron chi connectivity index (χ1n) is 12.9. The van der Waals surface area contributed by atoms with Crippen LogP contribution in [0.15, 0.2) is 59.8 Å². The topological polar surface area (TPSA) is 168 Å². The number of rotatable bonds is 12. The summed E-state index contributed by atoms with van der Waals surface area (Å²) in [6, 6.07) is 11.1. The third-order valence-electron chi connectivity index (χ3n) is 6.62. The summed E-state index contributed by atoms with van der Waals surface area (Å²) in [4.78, 5) is 8.48. The maximum atomic E-state index is 13.8. The van der Waals surface area contributed by atoms with Gasteiger partial charge in [-0.05, 0) is 43.7 Å². The van der Waals surface area contributed by atoms with Crippen molar-refractivity contribution in [3.8, 4) is 28.6 Å². The highest BCUT2D eigenvalue weighted by molar-refractivity contribution is 7.93. The molecule has 230 valence electrons. The maximum absolute atomic E-state index is 13.8. The first-order valence-corrected chi connectivity index (χ1v) is 15.9. The summed E-state index contributed by atoms with van der Waals surface area (Å²) in [5.41, 5.74) is 1.43. The molecule has 2 aromatic heterocycles. The van der Waals surface area contributed by atoms with Crippen LogP contribution in [0.2, 0.25) is 0 Å². The van der Waals surface area contributed by atoms with Crippen LogP contribution in [0.25, 0.3) is 17.1 Å². The van der Waals surface area contributed by atoms with Gasteiger partial charge in [0.1, 0.15) is 28.5 Å². The highest BCUT2D eigenvalue weighted by atomic mass is 32.2. The molecule has 14 nitrogen and oxygen atoms in total. The third kappa shape index (κ3) is 6.31. The van der Waals surface area contributed by atoms with Gasteiger partial charge in [0.05, 0.1) is 19.1 Å². The van der Waals surface area contributed by atoms with E-state index in [1.807, 2.05) is 6.92 Å². The number of aromatic nitrogens is 5. The van der Waals surface area contributed by atoms with E-state index in [2.05, 4.69) is 24.9 Å². The van der Waals surface area contributed by atoms with Crippen molar-refractivity contribution < 1.29 is 31.0 Å². The van der Waals surface area contributed by atoms with E-state index in [0.717, 1.165) is 9.87 Å². The Morgan fingerprint density at radius 3 is 2.07 bits per heavy atom. The normalized spacial score (nSPS) is 13.5. The number of hydrogen-bond acceptors (Lipinski definition) is 11. The number of aryl methyl sites for hydroxylation is 1. The monoisotopic (exact) mass is 631 g/mol. The Hall–Kier alpha value is -4.12. The second-order valence-electron chi connectivity index (χ2n) is 9.64. The summed E-state index contributed by atoms with van der Waals surface area (Å²) in [6.45, 7) is 3.27. The van der Waals surface area contributed by atoms with E-state index in [1.165, 1.54) is 59.0 Å². The Labute approximate surface area is 250 Å². The number of benzene rings is 2. The number of hydrogen-bond donors (Lipinski definition) is 1. The van der Waals surface area contributed by atoms with Crippen LogP contribution >= 0.6 is 0 Å². The molecule has 2 unspecified atom stereocenters. The third-order valence-corrected chi connectivity index (χ3v) is 10.1. The van der Waals surface area contributed by atoms with E-state index in [1.54, 1.807) is 42.7 Å². The Morgan fingerprint density at radius 1 is 0.907 bits per heavy atom. The van der Waals surface area contributed by atoms with Gasteiger partial charge in [0, 0.05) is 39.2 Å². The van der Waals surface area contributed by atoms with Crippen molar-refractivity contribution in [3.63, 3.8) is 0 Å². The molecular weight excluding hydrogens is 598 g/mol. The van der Waals surface area contributed by atoms with Crippen molar-refractivity contribution in [1.29, 1.82) is 0 Å². The number of para-hydroxylation sites is 1. The van der Waals surface area contributed by atoms with Gasteiger partial charge in [-0.15, -0.1) is 10.2 Å². The van der Waals surface area contributed by atoms with E-state index in [-0.39, 0.29) is 28.2 Å². The van der Waals surface area contributed by atoms with Gasteiger partial charge in [-0.25, -0.2) is 31.1 Å². The molecule has 0 radical (unpaired) electrons. The lowest BCUT2D eigenvalue weighted by molar-refractivity contribution is 0.0949. The molecule has 0 fully saturated rings. The van der Waals surface area contributed by atoms with Crippen LogP contribution in [-0.4, -0.2) is 86.5 Å². The lowest BCUT2D eigenvalue weighted by Gasteiger charge is -2.23. The second-order valence-corrected chi connectivity index (χ2v) is 13.8. The van der Waals surface area contributed by atoms with Crippen LogP contribution in [0.1, 0.15) is 24.4 Å². The van der Waals surface area contributed by atoms with Crippen LogP contribution in [0.4, 0.5) is 5.95 Å². The Balaban J connectivity index is 1.89. The summed E-state index contributed by atoms with van der Waals surface area (Å²) < 4.78 is 75.0. The number of anilines is 1. The average Bonchev–Trinajstić information content (AvgIpc) is 3.39. The lowest BCUT2D eigenvalue weighted by Crippen LogP contribution is -2.33. The van der Waals surface area contributed by atoms with Crippen LogP contribution in [0.3, 0.4) is 0 Å². The van der Waals surface area contributed by atoms with E-state index >= 15 is 0 Å². The Bertz CT molecular complexity index is 1790. The summed E-state index contributed by atoms with van der Waals surface area (Å²) in [7, 11) is -0.910. The number of nitrogens with zero attached hydrogens (tertiary/aromatic N) is 6. The molecule has 4 rings (SSSR count). The first kappa shape index (κ1) is 31.8. The fourth-order valence-electron chi connectivity index (χ4n) is 4.25. The summed E-state index contributed by atoms with van der Waals surface area (Å²) in [5.74, 6) is 0.736. The molecule has 16 heteroatoms. The largest absolute Gasteiger partial charge is 0.494 e. The first-order chi connectivity index (χ1) is 20.3. The molecular formula is C27H33N7O7S2. The van der Waals surface area contributed by atoms with Gasteiger partial charge in [-0.1, -0.05) is 18.2 Å². The smallest absolute Gasteiger partial charge is 0.243 e. The maximum Gasteiger partial charge on any atom is 0.243 e. The van der Waals surface area contributed by atoms with Gasteiger partial charge in [0.15, 0.2) is 11.6 Å². The molecule has 2 aromatic carbocycles. The molecule has 0 aliphatic carbocycles. The van der Waals surface area contributed by atoms with Crippen LogP contribution in [-0.2, 0) is 24.8 Å². The SMILES string of the molecule is COc1cccc(OC)c1-n1c(NS(=O)(=O)C(C)C(OC)c2ncc(C)cn2)nnc1-c1cccc(S(=O)(=O)N(C)C)c1. The molecule has 1 N–H and O–H groups in total. The quantitative estimate of drug-likeness (QED) is 0.244. The lowest BCUT2D eigenvalue weighted by atomic mass is 10.2. The van der Waals surface area contributed by atoms with Crippen molar-refractivity contribution in [3.05, 3.63) is 66.2 Å². The average molecular weight is 632 g/mol. The molecule has 2 heterocycles. The number of sulfonamides is 2. The van der Waals surface area contributed by atoms with Crippen LogP contribution in [0, 0.1) is 6.92 Å². The number of methoxy groups -OCH3 is 3. The zero-order chi connectivity index (χ0) is 31.5. The molecule has 0 spiro atoms. The highest BCUT2D eigenvalue weighted by Crippen LogP contribution is 2.38. The molecule has 0 bridgehead atoms. The van der Waals surface area contributed by atoms with Crippen LogP contribution < -0.4 is 14.2 Å². The minimum Gasteiger partial charge on any atom is -0.494 e. The van der Waals surface area contributed by atoms with Crippen molar-refractivity contribution >= 4 is 26.0 Å². The zero-order valence-corrected chi connectivity index (χ0v) is 26.3. The van der Waals surface area contributed by atoms with Crippen molar-refractivity contribution in [2.45, 2.75) is 30.1 Å². The molecule has 0 amide bonds. The zero-order valence-electron chi connectivity index (χ0n) is 24.7. The van der Waals surface area contributed by atoms with E-state index in [0.29, 0.717) is 17.1 Å². The van der Waals surface area contributed by atoms with E-state index < -0.39 is 31.4 Å². The Morgan fingerprint density at radius 2 is 1.51 bits per heavy atom. The van der Waals surface area contributed by atoms with Crippen molar-refractivity contribution in [1.82, 2.24) is 29.0 Å². The molecule has 0 saturated carbocycles. The fraction of sp³-hybridized carbons (Fsp3) is 0.333.